The minimum atomic E-state index is -0.0875. The molecule has 0 spiro atoms. The Morgan fingerprint density at radius 1 is 1.12 bits per heavy atom. The maximum atomic E-state index is 12.7. The summed E-state index contributed by atoms with van der Waals surface area (Å²) in [4.78, 5) is 17.3. The quantitative estimate of drug-likeness (QED) is 0.779. The van der Waals surface area contributed by atoms with E-state index >= 15 is 0 Å². The molecule has 130 valence electrons. The Balaban J connectivity index is 1.77. The van der Waals surface area contributed by atoms with Crippen LogP contribution in [0, 0.1) is 0 Å². The minimum Gasteiger partial charge on any atom is -0.347 e. The summed E-state index contributed by atoms with van der Waals surface area (Å²) in [6.45, 7) is 9.11. The van der Waals surface area contributed by atoms with E-state index in [1.807, 2.05) is 35.7 Å². The molecule has 25 heavy (non-hydrogen) atoms. The Hall–Kier alpha value is -2.62. The number of hydrogen-bond donors (Lipinski definition) is 1. The van der Waals surface area contributed by atoms with Crippen LogP contribution in [0.25, 0.3) is 5.65 Å². The standard InChI is InChI=1S/C21H25N3O/c1-5-17-19(24-13-7-6-8-18(24)23-17)20(25)22-14-15-9-11-16(12-10-15)21(2,3)4/h6-13H,5,14H2,1-4H3,(H,22,25). The zero-order valence-electron chi connectivity index (χ0n) is 15.3. The molecule has 0 saturated carbocycles. The summed E-state index contributed by atoms with van der Waals surface area (Å²) in [5, 5.41) is 3.03. The van der Waals surface area contributed by atoms with E-state index in [0.717, 1.165) is 23.3 Å². The molecule has 4 heteroatoms. The van der Waals surface area contributed by atoms with Crippen molar-refractivity contribution in [2.45, 2.75) is 46.1 Å². The van der Waals surface area contributed by atoms with Crippen molar-refractivity contribution in [2.75, 3.05) is 0 Å². The number of fused-ring (bicyclic) bond motifs is 1. The Morgan fingerprint density at radius 3 is 2.48 bits per heavy atom. The number of benzene rings is 1. The maximum absolute atomic E-state index is 12.7. The number of hydrogen-bond acceptors (Lipinski definition) is 2. The van der Waals surface area contributed by atoms with Gasteiger partial charge in [-0.25, -0.2) is 4.98 Å². The van der Waals surface area contributed by atoms with Crippen LogP contribution in [0.1, 0.15) is 55.0 Å². The first-order chi connectivity index (χ1) is 11.9. The van der Waals surface area contributed by atoms with Crippen LogP contribution in [0.15, 0.2) is 48.7 Å². The number of aromatic nitrogens is 2. The molecule has 0 fully saturated rings. The van der Waals surface area contributed by atoms with Gasteiger partial charge in [-0.3, -0.25) is 9.20 Å². The van der Waals surface area contributed by atoms with Crippen molar-refractivity contribution in [3.8, 4) is 0 Å². The van der Waals surface area contributed by atoms with E-state index in [1.165, 1.54) is 5.56 Å². The summed E-state index contributed by atoms with van der Waals surface area (Å²) in [7, 11) is 0. The summed E-state index contributed by atoms with van der Waals surface area (Å²) in [5.74, 6) is -0.0875. The van der Waals surface area contributed by atoms with Crippen LogP contribution >= 0.6 is 0 Å². The van der Waals surface area contributed by atoms with Crippen LogP contribution in [-0.4, -0.2) is 15.3 Å². The first-order valence-electron chi connectivity index (χ1n) is 8.73. The van der Waals surface area contributed by atoms with Gasteiger partial charge in [-0.15, -0.1) is 0 Å². The molecule has 0 radical (unpaired) electrons. The average Bonchev–Trinajstić information content (AvgIpc) is 2.98. The number of aryl methyl sites for hydroxylation is 1. The molecule has 1 aromatic carbocycles. The summed E-state index contributed by atoms with van der Waals surface area (Å²) < 4.78 is 1.86. The summed E-state index contributed by atoms with van der Waals surface area (Å²) in [5.41, 5.74) is 4.77. The third kappa shape index (κ3) is 3.58. The SMILES string of the molecule is CCc1nc2ccccn2c1C(=O)NCc1ccc(C(C)(C)C)cc1. The Morgan fingerprint density at radius 2 is 1.84 bits per heavy atom. The number of amides is 1. The monoisotopic (exact) mass is 335 g/mol. The molecule has 0 unspecified atom stereocenters. The molecule has 3 aromatic rings. The molecule has 2 heterocycles. The summed E-state index contributed by atoms with van der Waals surface area (Å²) >= 11 is 0. The van der Waals surface area contributed by atoms with Gasteiger partial charge in [0.2, 0.25) is 0 Å². The highest BCUT2D eigenvalue weighted by Crippen LogP contribution is 2.22. The lowest BCUT2D eigenvalue weighted by Crippen LogP contribution is -2.25. The van der Waals surface area contributed by atoms with Gasteiger partial charge in [-0.1, -0.05) is 58.0 Å². The molecule has 0 saturated heterocycles. The highest BCUT2D eigenvalue weighted by molar-refractivity contribution is 5.94. The normalized spacial score (nSPS) is 11.7. The Kier molecular flexibility index (Phi) is 4.62. The predicted octanol–water partition coefficient (Wildman–Crippen LogP) is 4.12. The van der Waals surface area contributed by atoms with Crippen LogP contribution < -0.4 is 5.32 Å². The van der Waals surface area contributed by atoms with Gasteiger partial charge < -0.3 is 5.32 Å². The summed E-state index contributed by atoms with van der Waals surface area (Å²) in [6, 6.07) is 14.2. The van der Waals surface area contributed by atoms with Gasteiger partial charge in [0.1, 0.15) is 11.3 Å². The van der Waals surface area contributed by atoms with Gasteiger partial charge in [0, 0.05) is 12.7 Å². The lowest BCUT2D eigenvalue weighted by Gasteiger charge is -2.19. The molecule has 4 nitrogen and oxygen atoms in total. The van der Waals surface area contributed by atoms with E-state index in [4.69, 9.17) is 0 Å². The van der Waals surface area contributed by atoms with Crippen LogP contribution in [0.2, 0.25) is 0 Å². The largest absolute Gasteiger partial charge is 0.347 e. The predicted molar refractivity (Wildman–Crippen MR) is 101 cm³/mol. The van der Waals surface area contributed by atoms with Crippen molar-refractivity contribution in [1.29, 1.82) is 0 Å². The topological polar surface area (TPSA) is 46.4 Å². The molecule has 0 aliphatic rings. The lowest BCUT2D eigenvalue weighted by atomic mass is 9.87. The van der Waals surface area contributed by atoms with E-state index in [2.05, 4.69) is 55.3 Å². The zero-order valence-corrected chi connectivity index (χ0v) is 15.3. The van der Waals surface area contributed by atoms with Crippen molar-refractivity contribution in [3.05, 3.63) is 71.2 Å². The number of pyridine rings is 1. The highest BCUT2D eigenvalue weighted by atomic mass is 16.1. The first-order valence-corrected chi connectivity index (χ1v) is 8.73. The molecule has 2 aromatic heterocycles. The molecule has 0 bridgehead atoms. The molecule has 3 rings (SSSR count). The van der Waals surface area contributed by atoms with E-state index in [0.29, 0.717) is 12.2 Å². The van der Waals surface area contributed by atoms with Crippen molar-refractivity contribution < 1.29 is 4.79 Å². The molecule has 0 aliphatic heterocycles. The van der Waals surface area contributed by atoms with Gasteiger partial charge in [-0.2, -0.15) is 0 Å². The zero-order chi connectivity index (χ0) is 18.0. The van der Waals surface area contributed by atoms with E-state index in [-0.39, 0.29) is 11.3 Å². The Bertz CT molecular complexity index is 886. The van der Waals surface area contributed by atoms with Gasteiger partial charge in [0.05, 0.1) is 5.69 Å². The number of nitrogens with zero attached hydrogens (tertiary/aromatic N) is 2. The Labute approximate surface area is 148 Å². The third-order valence-corrected chi connectivity index (χ3v) is 4.43. The second kappa shape index (κ2) is 6.71. The van der Waals surface area contributed by atoms with E-state index in [1.54, 1.807) is 0 Å². The van der Waals surface area contributed by atoms with Crippen molar-refractivity contribution in [1.82, 2.24) is 14.7 Å². The summed E-state index contributed by atoms with van der Waals surface area (Å²) in [6.07, 6.45) is 2.61. The molecule has 1 amide bonds. The number of nitrogens with one attached hydrogen (secondary N) is 1. The lowest BCUT2D eigenvalue weighted by molar-refractivity contribution is 0.0944. The highest BCUT2D eigenvalue weighted by Gasteiger charge is 2.18. The van der Waals surface area contributed by atoms with Crippen molar-refractivity contribution in [3.63, 3.8) is 0 Å². The van der Waals surface area contributed by atoms with Gasteiger partial charge >= 0.3 is 0 Å². The van der Waals surface area contributed by atoms with Crippen molar-refractivity contribution in [2.24, 2.45) is 0 Å². The van der Waals surface area contributed by atoms with E-state index in [9.17, 15) is 4.79 Å². The number of carbonyl (C=O) groups excluding carboxylic acids is 1. The fourth-order valence-electron chi connectivity index (χ4n) is 2.92. The molecule has 0 aliphatic carbocycles. The van der Waals surface area contributed by atoms with Crippen LogP contribution in [-0.2, 0) is 18.4 Å². The van der Waals surface area contributed by atoms with Gasteiger partial charge in [-0.05, 0) is 35.1 Å². The first kappa shape index (κ1) is 17.2. The van der Waals surface area contributed by atoms with Crippen LogP contribution in [0.4, 0.5) is 0 Å². The van der Waals surface area contributed by atoms with Crippen LogP contribution in [0.5, 0.6) is 0 Å². The number of rotatable bonds is 4. The van der Waals surface area contributed by atoms with E-state index < -0.39 is 0 Å². The molecule has 1 N–H and O–H groups in total. The third-order valence-electron chi connectivity index (χ3n) is 4.43. The number of carbonyl (C=O) groups is 1. The molecular weight excluding hydrogens is 310 g/mol. The fourth-order valence-corrected chi connectivity index (χ4v) is 2.92. The smallest absolute Gasteiger partial charge is 0.270 e. The molecular formula is C21H25N3O. The van der Waals surface area contributed by atoms with Gasteiger partial charge in [0.15, 0.2) is 0 Å². The maximum Gasteiger partial charge on any atom is 0.270 e. The van der Waals surface area contributed by atoms with Crippen LogP contribution in [0.3, 0.4) is 0 Å². The average molecular weight is 335 g/mol. The second-order valence-electron chi connectivity index (χ2n) is 7.32. The number of imidazole rings is 1. The fraction of sp³-hybridized carbons (Fsp3) is 0.333. The van der Waals surface area contributed by atoms with Crippen molar-refractivity contribution >= 4 is 11.6 Å². The van der Waals surface area contributed by atoms with Gasteiger partial charge in [0.25, 0.3) is 5.91 Å². The molecule has 0 atom stereocenters. The second-order valence-corrected chi connectivity index (χ2v) is 7.32. The minimum absolute atomic E-state index is 0.0875.